The number of thioether (sulfide) groups is 1. The van der Waals surface area contributed by atoms with Crippen LogP contribution in [-0.2, 0) is 10.5 Å². The summed E-state index contributed by atoms with van der Waals surface area (Å²) in [6.07, 6.45) is 0. The Labute approximate surface area is 233 Å². The first-order valence-electron chi connectivity index (χ1n) is 11.8. The number of fused-ring (bicyclic) bond motifs is 1. The zero-order valence-corrected chi connectivity index (χ0v) is 22.5. The molecule has 12 heteroatoms. The predicted octanol–water partition coefficient (Wildman–Crippen LogP) is 6.07. The van der Waals surface area contributed by atoms with Gasteiger partial charge < -0.3 is 15.4 Å². The topological polar surface area (TPSA) is 124 Å². The van der Waals surface area contributed by atoms with Crippen LogP contribution in [0, 0.1) is 10.1 Å². The first-order chi connectivity index (χ1) is 18.9. The Morgan fingerprint density at radius 2 is 1.92 bits per heavy atom. The molecule has 0 radical (unpaired) electrons. The number of aromatic nitrogens is 3. The average Bonchev–Trinajstić information content (AvgIpc) is 3.34. The molecule has 0 spiro atoms. The molecule has 4 aromatic rings. The fraction of sp³-hybridized carbons (Fsp3) is 0.148. The maximum Gasteiger partial charge on any atom is 0.311 e. The lowest BCUT2D eigenvalue weighted by Gasteiger charge is -2.28. The molecule has 0 fully saturated rings. The van der Waals surface area contributed by atoms with Gasteiger partial charge in [-0.25, -0.2) is 4.68 Å². The van der Waals surface area contributed by atoms with E-state index < -0.39 is 11.0 Å². The number of rotatable bonds is 8. The Balaban J connectivity index is 1.56. The number of hydrogen-bond acceptors (Lipinski definition) is 8. The molecular weight excluding hydrogens is 540 g/mol. The molecular formula is C27H23ClN6O4S. The van der Waals surface area contributed by atoms with Gasteiger partial charge in [-0.05, 0) is 42.3 Å². The van der Waals surface area contributed by atoms with Crippen molar-refractivity contribution in [3.05, 3.63) is 110 Å². The SMILES string of the molecule is COc1ccc(C2C(C(=O)Nc3ccccc3)=C(C)Nc3nc(SCc4ccccc4Cl)nn32)cc1[N+](=O)[O-]. The normalized spacial score (nSPS) is 14.4. The Hall–Kier alpha value is -4.35. The third kappa shape index (κ3) is 5.45. The van der Waals surface area contributed by atoms with Gasteiger partial charge in [0.1, 0.15) is 6.04 Å². The van der Waals surface area contributed by atoms with Crippen molar-refractivity contribution in [1.29, 1.82) is 0 Å². The van der Waals surface area contributed by atoms with Gasteiger partial charge >= 0.3 is 5.69 Å². The lowest BCUT2D eigenvalue weighted by molar-refractivity contribution is -0.385. The molecule has 39 heavy (non-hydrogen) atoms. The summed E-state index contributed by atoms with van der Waals surface area (Å²) in [5, 5.41) is 23.7. The largest absolute Gasteiger partial charge is 0.490 e. The molecule has 0 aliphatic carbocycles. The van der Waals surface area contributed by atoms with Crippen molar-refractivity contribution >= 4 is 46.6 Å². The second kappa shape index (κ2) is 11.2. The van der Waals surface area contributed by atoms with Gasteiger partial charge in [-0.2, -0.15) is 4.98 Å². The van der Waals surface area contributed by atoms with Gasteiger partial charge in [0.2, 0.25) is 11.1 Å². The first-order valence-corrected chi connectivity index (χ1v) is 13.2. The molecule has 1 aliphatic rings. The Kier molecular flexibility index (Phi) is 7.53. The van der Waals surface area contributed by atoms with Gasteiger partial charge in [-0.3, -0.25) is 14.9 Å². The van der Waals surface area contributed by atoms with Crippen molar-refractivity contribution in [3.8, 4) is 5.75 Å². The summed E-state index contributed by atoms with van der Waals surface area (Å²) >= 11 is 7.70. The van der Waals surface area contributed by atoms with E-state index in [4.69, 9.17) is 21.4 Å². The van der Waals surface area contributed by atoms with Crippen LogP contribution < -0.4 is 15.4 Å². The molecule has 198 valence electrons. The van der Waals surface area contributed by atoms with E-state index in [9.17, 15) is 14.9 Å². The van der Waals surface area contributed by atoms with Gasteiger partial charge in [0.25, 0.3) is 5.91 Å². The summed E-state index contributed by atoms with van der Waals surface area (Å²) in [7, 11) is 1.37. The van der Waals surface area contributed by atoms with Crippen LogP contribution in [0.1, 0.15) is 24.1 Å². The molecule has 3 aromatic carbocycles. The Bertz CT molecular complexity index is 1590. The highest BCUT2D eigenvalue weighted by Crippen LogP contribution is 2.40. The predicted molar refractivity (Wildman–Crippen MR) is 150 cm³/mol. The summed E-state index contributed by atoms with van der Waals surface area (Å²) in [5.41, 5.74) is 2.71. The smallest absolute Gasteiger partial charge is 0.311 e. The number of amides is 1. The highest BCUT2D eigenvalue weighted by atomic mass is 35.5. The van der Waals surface area contributed by atoms with Crippen LogP contribution in [0.15, 0.2) is 89.2 Å². The standard InChI is InChI=1S/C27H23ClN6O4S/c1-16-23(25(35)30-19-9-4-3-5-10-19)24(17-12-13-22(38-2)21(14-17)34(36)37)33-26(29-16)31-27(32-33)39-15-18-8-6-7-11-20(18)28/h3-14,24H,15H2,1-2H3,(H,30,35)(H,29,31,32). The minimum absolute atomic E-state index is 0.114. The maximum absolute atomic E-state index is 13.6. The fourth-order valence-electron chi connectivity index (χ4n) is 4.29. The average molecular weight is 563 g/mol. The number of halogens is 1. The number of nitro groups is 1. The van der Waals surface area contributed by atoms with E-state index in [1.807, 2.05) is 42.5 Å². The van der Waals surface area contributed by atoms with E-state index in [1.54, 1.807) is 29.8 Å². The number of para-hydroxylation sites is 1. The second-order valence-electron chi connectivity index (χ2n) is 8.62. The summed E-state index contributed by atoms with van der Waals surface area (Å²) < 4.78 is 6.76. The third-order valence-electron chi connectivity index (χ3n) is 6.14. The number of nitrogens with zero attached hydrogens (tertiary/aromatic N) is 4. The van der Waals surface area contributed by atoms with Crippen molar-refractivity contribution in [3.63, 3.8) is 0 Å². The molecule has 1 atom stereocenters. The molecule has 1 aliphatic heterocycles. The molecule has 2 heterocycles. The van der Waals surface area contributed by atoms with E-state index in [0.29, 0.717) is 44.4 Å². The Morgan fingerprint density at radius 3 is 2.64 bits per heavy atom. The number of methoxy groups -OCH3 is 1. The molecule has 0 saturated carbocycles. The first kappa shape index (κ1) is 26.3. The van der Waals surface area contributed by atoms with Crippen LogP contribution in [0.25, 0.3) is 0 Å². The van der Waals surface area contributed by atoms with Crippen molar-refractivity contribution in [2.75, 3.05) is 17.7 Å². The second-order valence-corrected chi connectivity index (χ2v) is 9.97. The Morgan fingerprint density at radius 1 is 1.18 bits per heavy atom. The summed E-state index contributed by atoms with van der Waals surface area (Å²) in [5.74, 6) is 0.689. The molecule has 0 saturated heterocycles. The molecule has 1 amide bonds. The van der Waals surface area contributed by atoms with Crippen LogP contribution in [0.3, 0.4) is 0 Å². The van der Waals surface area contributed by atoms with Gasteiger partial charge in [0.05, 0.1) is 17.6 Å². The van der Waals surface area contributed by atoms with Crippen molar-refractivity contribution in [1.82, 2.24) is 14.8 Å². The number of carbonyl (C=O) groups is 1. The minimum atomic E-state index is -0.795. The molecule has 1 aromatic heterocycles. The molecule has 1 unspecified atom stereocenters. The van der Waals surface area contributed by atoms with Crippen LogP contribution in [-0.4, -0.2) is 32.7 Å². The van der Waals surface area contributed by atoms with Gasteiger partial charge in [-0.1, -0.05) is 65.8 Å². The maximum atomic E-state index is 13.6. The van der Waals surface area contributed by atoms with E-state index in [0.717, 1.165) is 5.56 Å². The highest BCUT2D eigenvalue weighted by Gasteiger charge is 2.35. The van der Waals surface area contributed by atoms with Gasteiger partial charge in [0, 0.05) is 28.2 Å². The fourth-order valence-corrected chi connectivity index (χ4v) is 5.41. The quantitative estimate of drug-likeness (QED) is 0.151. The molecule has 0 bridgehead atoms. The molecule has 5 rings (SSSR count). The number of hydrogen-bond donors (Lipinski definition) is 2. The van der Waals surface area contributed by atoms with E-state index in [2.05, 4.69) is 15.6 Å². The highest BCUT2D eigenvalue weighted by molar-refractivity contribution is 7.98. The number of nitrogens with one attached hydrogen (secondary N) is 2. The zero-order chi connectivity index (χ0) is 27.5. The number of nitro benzene ring substituents is 1. The third-order valence-corrected chi connectivity index (χ3v) is 7.39. The zero-order valence-electron chi connectivity index (χ0n) is 20.9. The molecule has 2 N–H and O–H groups in total. The number of benzene rings is 3. The minimum Gasteiger partial charge on any atom is -0.490 e. The van der Waals surface area contributed by atoms with Gasteiger partial charge in [0.15, 0.2) is 5.75 Å². The van der Waals surface area contributed by atoms with E-state index >= 15 is 0 Å². The van der Waals surface area contributed by atoms with Crippen molar-refractivity contribution in [2.45, 2.75) is 23.9 Å². The van der Waals surface area contributed by atoms with E-state index in [-0.39, 0.29) is 17.3 Å². The van der Waals surface area contributed by atoms with Gasteiger partial charge in [-0.15, -0.1) is 5.10 Å². The lowest BCUT2D eigenvalue weighted by Crippen LogP contribution is -2.31. The van der Waals surface area contributed by atoms with Crippen molar-refractivity contribution in [2.24, 2.45) is 0 Å². The lowest BCUT2D eigenvalue weighted by atomic mass is 9.94. The monoisotopic (exact) mass is 562 g/mol. The number of allylic oxidation sites excluding steroid dienone is 1. The number of anilines is 2. The van der Waals surface area contributed by atoms with Crippen LogP contribution in [0.4, 0.5) is 17.3 Å². The van der Waals surface area contributed by atoms with Crippen molar-refractivity contribution < 1.29 is 14.5 Å². The van der Waals surface area contributed by atoms with Crippen LogP contribution in [0.5, 0.6) is 5.75 Å². The molecule has 10 nitrogen and oxygen atoms in total. The summed E-state index contributed by atoms with van der Waals surface area (Å²) in [6.45, 7) is 1.76. The van der Waals surface area contributed by atoms with Crippen LogP contribution >= 0.6 is 23.4 Å². The number of carbonyl (C=O) groups excluding carboxylic acids is 1. The van der Waals surface area contributed by atoms with Crippen LogP contribution in [0.2, 0.25) is 5.02 Å². The summed E-state index contributed by atoms with van der Waals surface area (Å²) in [4.78, 5) is 29.5. The number of ether oxygens (including phenoxy) is 1. The van der Waals surface area contributed by atoms with E-state index in [1.165, 1.54) is 31.0 Å². The summed E-state index contributed by atoms with van der Waals surface area (Å²) in [6, 6.07) is 20.4.